The molecule has 0 aliphatic heterocycles. The van der Waals surface area contributed by atoms with Crippen LogP contribution in [0.25, 0.3) is 0 Å². The molecule has 0 atom stereocenters. The second-order valence-electron chi connectivity index (χ2n) is 3.50. The highest BCUT2D eigenvalue weighted by atomic mass is 35.5. The first kappa shape index (κ1) is 13.1. The van der Waals surface area contributed by atoms with Crippen LogP contribution in [0.1, 0.15) is 13.3 Å². The van der Waals surface area contributed by atoms with Gasteiger partial charge in [-0.2, -0.15) is 0 Å². The SMILES string of the molecule is CCCSc1ccc(Oc2cncc(Cl)c2)nn1. The number of halogens is 1. The van der Waals surface area contributed by atoms with E-state index in [-0.39, 0.29) is 0 Å². The van der Waals surface area contributed by atoms with Gasteiger partial charge in [0.1, 0.15) is 10.8 Å². The Morgan fingerprint density at radius 1 is 1.28 bits per heavy atom. The minimum absolute atomic E-state index is 0.430. The van der Waals surface area contributed by atoms with Gasteiger partial charge in [0.05, 0.1) is 11.2 Å². The number of nitrogens with zero attached hydrogens (tertiary/aromatic N) is 3. The first-order valence-electron chi connectivity index (χ1n) is 5.53. The van der Waals surface area contributed by atoms with Gasteiger partial charge in [-0.1, -0.05) is 18.5 Å². The number of ether oxygens (including phenoxy) is 1. The summed E-state index contributed by atoms with van der Waals surface area (Å²) in [4.78, 5) is 3.93. The molecule has 2 aromatic heterocycles. The lowest BCUT2D eigenvalue weighted by atomic mass is 10.4. The molecule has 18 heavy (non-hydrogen) atoms. The molecule has 6 heteroatoms. The number of hydrogen-bond donors (Lipinski definition) is 0. The fourth-order valence-corrected chi connectivity index (χ4v) is 2.05. The van der Waals surface area contributed by atoms with Crippen LogP contribution < -0.4 is 4.74 Å². The van der Waals surface area contributed by atoms with Gasteiger partial charge in [-0.25, -0.2) is 0 Å². The Balaban J connectivity index is 2.02. The van der Waals surface area contributed by atoms with Crippen molar-refractivity contribution in [3.63, 3.8) is 0 Å². The van der Waals surface area contributed by atoms with Crippen LogP contribution in [-0.2, 0) is 0 Å². The van der Waals surface area contributed by atoms with Crippen molar-refractivity contribution in [3.05, 3.63) is 35.6 Å². The summed E-state index contributed by atoms with van der Waals surface area (Å²) in [5, 5.41) is 9.48. The Morgan fingerprint density at radius 2 is 2.17 bits per heavy atom. The average Bonchev–Trinajstić information content (AvgIpc) is 2.38. The van der Waals surface area contributed by atoms with Gasteiger partial charge in [0, 0.05) is 18.3 Å². The van der Waals surface area contributed by atoms with Crippen molar-refractivity contribution in [1.82, 2.24) is 15.2 Å². The van der Waals surface area contributed by atoms with Crippen LogP contribution in [0.3, 0.4) is 0 Å². The monoisotopic (exact) mass is 281 g/mol. The van der Waals surface area contributed by atoms with Crippen LogP contribution >= 0.6 is 23.4 Å². The molecule has 0 aliphatic carbocycles. The number of rotatable bonds is 5. The van der Waals surface area contributed by atoms with E-state index in [9.17, 15) is 0 Å². The molecule has 0 spiro atoms. The summed E-state index contributed by atoms with van der Waals surface area (Å²) in [6.07, 6.45) is 4.23. The van der Waals surface area contributed by atoms with Gasteiger partial charge < -0.3 is 4.74 Å². The second-order valence-corrected chi connectivity index (χ2v) is 5.05. The number of hydrogen-bond acceptors (Lipinski definition) is 5. The minimum atomic E-state index is 0.430. The summed E-state index contributed by atoms with van der Waals surface area (Å²) in [7, 11) is 0. The average molecular weight is 282 g/mol. The molecule has 94 valence electrons. The third kappa shape index (κ3) is 3.85. The zero-order valence-electron chi connectivity index (χ0n) is 9.84. The highest BCUT2D eigenvalue weighted by Gasteiger charge is 2.02. The van der Waals surface area contributed by atoms with Crippen molar-refractivity contribution >= 4 is 23.4 Å². The van der Waals surface area contributed by atoms with Crippen molar-refractivity contribution < 1.29 is 4.74 Å². The molecule has 2 rings (SSSR count). The van der Waals surface area contributed by atoms with E-state index in [2.05, 4.69) is 22.1 Å². The summed E-state index contributed by atoms with van der Waals surface area (Å²) in [6, 6.07) is 5.35. The van der Waals surface area contributed by atoms with Gasteiger partial charge in [0.25, 0.3) is 0 Å². The maximum absolute atomic E-state index is 5.81. The molecule has 0 saturated heterocycles. The Bertz CT molecular complexity index is 507. The molecule has 0 unspecified atom stereocenters. The highest BCUT2D eigenvalue weighted by molar-refractivity contribution is 7.99. The van der Waals surface area contributed by atoms with Gasteiger partial charge in [0.2, 0.25) is 5.88 Å². The van der Waals surface area contributed by atoms with Crippen molar-refractivity contribution in [1.29, 1.82) is 0 Å². The molecule has 0 amide bonds. The lowest BCUT2D eigenvalue weighted by molar-refractivity contribution is 0.450. The first-order valence-corrected chi connectivity index (χ1v) is 6.89. The third-order valence-electron chi connectivity index (χ3n) is 1.97. The topological polar surface area (TPSA) is 47.9 Å². The van der Waals surface area contributed by atoms with Crippen LogP contribution in [0.4, 0.5) is 0 Å². The van der Waals surface area contributed by atoms with Crippen LogP contribution in [0, 0.1) is 0 Å². The highest BCUT2D eigenvalue weighted by Crippen LogP contribution is 2.22. The van der Waals surface area contributed by atoms with Gasteiger partial charge in [0.15, 0.2) is 0 Å². The van der Waals surface area contributed by atoms with Crippen LogP contribution in [-0.4, -0.2) is 20.9 Å². The lowest BCUT2D eigenvalue weighted by Gasteiger charge is -2.04. The molecule has 0 bridgehead atoms. The smallest absolute Gasteiger partial charge is 0.238 e. The second kappa shape index (κ2) is 6.56. The standard InChI is InChI=1S/C12H12ClN3OS/c1-2-5-18-12-4-3-11(15-16-12)17-10-6-9(13)7-14-8-10/h3-4,6-8H,2,5H2,1H3. The molecule has 0 aliphatic rings. The van der Waals surface area contributed by atoms with Crippen molar-refractivity contribution in [2.75, 3.05) is 5.75 Å². The van der Waals surface area contributed by atoms with E-state index < -0.39 is 0 Å². The van der Waals surface area contributed by atoms with Crippen LogP contribution in [0.15, 0.2) is 35.6 Å². The molecule has 2 aromatic rings. The minimum Gasteiger partial charge on any atom is -0.436 e. The summed E-state index contributed by atoms with van der Waals surface area (Å²) in [5.74, 6) is 2.01. The normalized spacial score (nSPS) is 10.3. The van der Waals surface area contributed by atoms with Gasteiger partial charge in [-0.15, -0.1) is 22.0 Å². The predicted molar refractivity (Wildman–Crippen MR) is 72.4 cm³/mol. The van der Waals surface area contributed by atoms with E-state index in [4.69, 9.17) is 16.3 Å². The number of thioether (sulfide) groups is 1. The van der Waals surface area contributed by atoms with E-state index in [0.717, 1.165) is 17.2 Å². The molecule has 0 aromatic carbocycles. The number of pyridine rings is 1. The summed E-state index contributed by atoms with van der Waals surface area (Å²) in [5.41, 5.74) is 0. The fourth-order valence-electron chi connectivity index (χ4n) is 1.21. The molecule has 0 fully saturated rings. The molecular formula is C12H12ClN3OS. The Labute approximate surface area is 115 Å². The van der Waals surface area contributed by atoms with E-state index >= 15 is 0 Å². The van der Waals surface area contributed by atoms with Crippen molar-refractivity contribution in [2.45, 2.75) is 18.4 Å². The van der Waals surface area contributed by atoms with Gasteiger partial charge in [-0.3, -0.25) is 4.98 Å². The molecule has 0 radical (unpaired) electrons. The molecule has 0 N–H and O–H groups in total. The lowest BCUT2D eigenvalue weighted by Crippen LogP contribution is -1.92. The zero-order valence-corrected chi connectivity index (χ0v) is 11.4. The van der Waals surface area contributed by atoms with Gasteiger partial charge >= 0.3 is 0 Å². The third-order valence-corrected chi connectivity index (χ3v) is 3.30. The van der Waals surface area contributed by atoms with E-state index in [1.54, 1.807) is 36.3 Å². The Morgan fingerprint density at radius 3 is 2.83 bits per heavy atom. The molecule has 2 heterocycles. The zero-order chi connectivity index (χ0) is 12.8. The van der Waals surface area contributed by atoms with E-state index in [1.165, 1.54) is 0 Å². The van der Waals surface area contributed by atoms with Crippen LogP contribution in [0.5, 0.6) is 11.6 Å². The maximum atomic E-state index is 5.81. The summed E-state index contributed by atoms with van der Waals surface area (Å²) in [6.45, 7) is 2.13. The van der Waals surface area contributed by atoms with Crippen LogP contribution in [0.2, 0.25) is 5.02 Å². The number of aromatic nitrogens is 3. The van der Waals surface area contributed by atoms with E-state index in [1.807, 2.05) is 6.07 Å². The van der Waals surface area contributed by atoms with E-state index in [0.29, 0.717) is 16.7 Å². The van der Waals surface area contributed by atoms with Gasteiger partial charge in [-0.05, 0) is 18.2 Å². The first-order chi connectivity index (χ1) is 8.78. The summed E-state index contributed by atoms with van der Waals surface area (Å²) < 4.78 is 5.49. The Kier molecular flexibility index (Phi) is 4.78. The van der Waals surface area contributed by atoms with Crippen molar-refractivity contribution in [2.24, 2.45) is 0 Å². The quantitative estimate of drug-likeness (QED) is 0.780. The molecule has 0 saturated carbocycles. The molecular weight excluding hydrogens is 270 g/mol. The molecule has 4 nitrogen and oxygen atoms in total. The fraction of sp³-hybridized carbons (Fsp3) is 0.250. The predicted octanol–water partition coefficient (Wildman–Crippen LogP) is 3.82. The summed E-state index contributed by atoms with van der Waals surface area (Å²) >= 11 is 7.49. The maximum Gasteiger partial charge on any atom is 0.238 e. The van der Waals surface area contributed by atoms with Crippen molar-refractivity contribution in [3.8, 4) is 11.6 Å². The largest absolute Gasteiger partial charge is 0.436 e. The Hall–Kier alpha value is -1.33.